The quantitative estimate of drug-likeness (QED) is 0.816. The van der Waals surface area contributed by atoms with Crippen molar-refractivity contribution in [3.05, 3.63) is 60.7 Å². The van der Waals surface area contributed by atoms with Crippen molar-refractivity contribution in [2.75, 3.05) is 6.66 Å². The molecule has 7 nitrogen and oxygen atoms in total. The van der Waals surface area contributed by atoms with E-state index in [9.17, 15) is 13.0 Å². The fourth-order valence-electron chi connectivity index (χ4n) is 1.20. The maximum Gasteiger partial charge on any atom is 0.500 e. The Morgan fingerprint density at radius 3 is 1.36 bits per heavy atom. The van der Waals surface area contributed by atoms with E-state index in [1.54, 1.807) is 36.4 Å². The molecule has 0 saturated carbocycles. The van der Waals surface area contributed by atoms with Gasteiger partial charge < -0.3 is 18.2 Å². The molecule has 0 atom stereocenters. The lowest BCUT2D eigenvalue weighted by Gasteiger charge is -2.07. The minimum Gasteiger partial charge on any atom is -0.353 e. The van der Waals surface area contributed by atoms with E-state index in [0.29, 0.717) is 0 Å². The average Bonchev–Trinajstić information content (AvgIpc) is 2.38. The Morgan fingerprint density at radius 2 is 1.09 bits per heavy atom. The van der Waals surface area contributed by atoms with Crippen LogP contribution in [0.1, 0.15) is 0 Å². The molecule has 22 heavy (non-hydrogen) atoms. The molecule has 0 aliphatic rings. The highest BCUT2D eigenvalue weighted by Gasteiger charge is 2.14. The van der Waals surface area contributed by atoms with E-state index in [1.807, 2.05) is 0 Å². The molecule has 2 aromatic rings. The van der Waals surface area contributed by atoms with Crippen molar-refractivity contribution in [2.24, 2.45) is 0 Å². The molecule has 2 aromatic carbocycles. The SMILES string of the molecule is CP(=O)(O)O.O=S(=O)(Oc1ccccc1)Oc1ccccc1. The van der Waals surface area contributed by atoms with E-state index in [1.165, 1.54) is 24.3 Å². The highest BCUT2D eigenvalue weighted by molar-refractivity contribution is 7.82. The lowest BCUT2D eigenvalue weighted by molar-refractivity contribution is 0.381. The molecule has 2 rings (SSSR count). The molecule has 0 aliphatic carbocycles. The molecule has 0 bridgehead atoms. The molecular weight excluding hydrogens is 331 g/mol. The minimum absolute atomic E-state index is 0.212. The molecule has 120 valence electrons. The number of para-hydroxylation sites is 2. The van der Waals surface area contributed by atoms with Gasteiger partial charge in [0.05, 0.1) is 0 Å². The lowest BCUT2D eigenvalue weighted by Crippen LogP contribution is -2.16. The molecule has 0 fully saturated rings. The van der Waals surface area contributed by atoms with Crippen LogP contribution in [-0.2, 0) is 15.0 Å². The summed E-state index contributed by atoms with van der Waals surface area (Å²) in [5, 5.41) is 0. The first kappa shape index (κ1) is 18.2. The van der Waals surface area contributed by atoms with Crippen molar-refractivity contribution in [1.82, 2.24) is 0 Å². The van der Waals surface area contributed by atoms with Gasteiger partial charge >= 0.3 is 18.0 Å². The van der Waals surface area contributed by atoms with Crippen molar-refractivity contribution in [3.63, 3.8) is 0 Å². The maximum atomic E-state index is 11.5. The summed E-state index contributed by atoms with van der Waals surface area (Å²) in [7, 11) is -7.73. The van der Waals surface area contributed by atoms with Gasteiger partial charge in [-0.2, -0.15) is 0 Å². The summed E-state index contributed by atoms with van der Waals surface area (Å²) in [6.07, 6.45) is 0. The summed E-state index contributed by atoms with van der Waals surface area (Å²) in [5.74, 6) is 0.423. The standard InChI is InChI=1S/C12H10O4S.CH5O3P/c13-17(14,15-11-7-3-1-4-8-11)16-12-9-5-2-6-10-12;1-5(2,3)4/h1-10H;1H3,(H2,2,3,4). The summed E-state index contributed by atoms with van der Waals surface area (Å²) in [6.45, 7) is 0.854. The van der Waals surface area contributed by atoms with Crippen LogP contribution in [0.2, 0.25) is 0 Å². The molecule has 0 heterocycles. The highest BCUT2D eigenvalue weighted by atomic mass is 32.3. The van der Waals surface area contributed by atoms with Crippen LogP contribution in [0.5, 0.6) is 11.5 Å². The highest BCUT2D eigenvalue weighted by Crippen LogP contribution is 2.26. The number of rotatable bonds is 4. The Balaban J connectivity index is 0.000000422. The second kappa shape index (κ2) is 7.95. The summed E-state index contributed by atoms with van der Waals surface area (Å²) in [5.41, 5.74) is 0. The third-order valence-electron chi connectivity index (χ3n) is 1.88. The Morgan fingerprint density at radius 1 is 0.818 bits per heavy atom. The Labute approximate surface area is 128 Å². The first-order valence-corrected chi connectivity index (χ1v) is 9.32. The molecule has 0 saturated heterocycles. The van der Waals surface area contributed by atoms with Gasteiger partial charge in [0.2, 0.25) is 0 Å². The zero-order valence-corrected chi connectivity index (χ0v) is 13.3. The van der Waals surface area contributed by atoms with Gasteiger partial charge in [-0.15, -0.1) is 8.42 Å². The Hall–Kier alpha value is -1.86. The van der Waals surface area contributed by atoms with Crippen LogP contribution in [0.15, 0.2) is 60.7 Å². The largest absolute Gasteiger partial charge is 0.500 e. The van der Waals surface area contributed by atoms with E-state index in [4.69, 9.17) is 18.2 Å². The minimum atomic E-state index is -4.09. The van der Waals surface area contributed by atoms with E-state index in [-0.39, 0.29) is 11.5 Å². The zero-order chi connectivity index (χ0) is 16.6. The predicted octanol–water partition coefficient (Wildman–Crippen LogP) is 2.18. The van der Waals surface area contributed by atoms with Crippen LogP contribution in [0, 0.1) is 0 Å². The topological polar surface area (TPSA) is 110 Å². The van der Waals surface area contributed by atoms with E-state index in [0.717, 1.165) is 6.66 Å². The second-order valence-electron chi connectivity index (χ2n) is 4.04. The van der Waals surface area contributed by atoms with Gasteiger partial charge in [-0.05, 0) is 24.3 Å². The van der Waals surface area contributed by atoms with Crippen molar-refractivity contribution >= 4 is 18.0 Å². The van der Waals surface area contributed by atoms with Gasteiger partial charge in [0, 0.05) is 6.66 Å². The molecule has 0 amide bonds. The number of hydrogen-bond donors (Lipinski definition) is 2. The van der Waals surface area contributed by atoms with Crippen molar-refractivity contribution in [3.8, 4) is 11.5 Å². The third kappa shape index (κ3) is 9.15. The summed E-state index contributed by atoms with van der Waals surface area (Å²) < 4.78 is 41.9. The summed E-state index contributed by atoms with van der Waals surface area (Å²) >= 11 is 0. The van der Waals surface area contributed by atoms with Gasteiger partial charge in [-0.3, -0.25) is 4.57 Å². The first-order valence-electron chi connectivity index (χ1n) is 5.93. The third-order valence-corrected chi connectivity index (χ3v) is 2.68. The van der Waals surface area contributed by atoms with Gasteiger partial charge in [0.15, 0.2) is 0 Å². The maximum absolute atomic E-state index is 11.5. The van der Waals surface area contributed by atoms with Crippen LogP contribution >= 0.6 is 7.60 Å². The molecular formula is C13H15O7PS. The van der Waals surface area contributed by atoms with Crippen LogP contribution in [0.4, 0.5) is 0 Å². The second-order valence-corrected chi connectivity index (χ2v) is 6.86. The summed E-state index contributed by atoms with van der Waals surface area (Å²) in [4.78, 5) is 15.3. The van der Waals surface area contributed by atoms with Crippen LogP contribution in [0.3, 0.4) is 0 Å². The van der Waals surface area contributed by atoms with Gasteiger partial charge in [-0.25, -0.2) is 0 Å². The molecule has 2 N–H and O–H groups in total. The van der Waals surface area contributed by atoms with E-state index >= 15 is 0 Å². The Kier molecular flexibility index (Phi) is 6.58. The zero-order valence-electron chi connectivity index (χ0n) is 11.6. The van der Waals surface area contributed by atoms with E-state index < -0.39 is 18.0 Å². The van der Waals surface area contributed by atoms with E-state index in [2.05, 4.69) is 0 Å². The molecule has 9 heteroatoms. The predicted molar refractivity (Wildman–Crippen MR) is 81.0 cm³/mol. The first-order chi connectivity index (χ1) is 10.2. The van der Waals surface area contributed by atoms with Crippen molar-refractivity contribution in [1.29, 1.82) is 0 Å². The van der Waals surface area contributed by atoms with Crippen LogP contribution in [0.25, 0.3) is 0 Å². The van der Waals surface area contributed by atoms with Crippen LogP contribution < -0.4 is 8.37 Å². The van der Waals surface area contributed by atoms with Gasteiger partial charge in [0.25, 0.3) is 0 Å². The van der Waals surface area contributed by atoms with Crippen LogP contribution in [-0.4, -0.2) is 24.9 Å². The van der Waals surface area contributed by atoms with Gasteiger partial charge in [-0.1, -0.05) is 36.4 Å². The van der Waals surface area contributed by atoms with Gasteiger partial charge in [0.1, 0.15) is 11.5 Å². The number of benzene rings is 2. The summed E-state index contributed by atoms with van der Waals surface area (Å²) in [6, 6.07) is 16.4. The molecule has 0 unspecified atom stereocenters. The molecule has 0 spiro atoms. The average molecular weight is 346 g/mol. The lowest BCUT2D eigenvalue weighted by atomic mass is 10.3. The monoisotopic (exact) mass is 346 g/mol. The normalized spacial score (nSPS) is 11.0. The fourth-order valence-corrected chi connectivity index (χ4v) is 1.93. The smallest absolute Gasteiger partial charge is 0.353 e. The molecule has 0 aliphatic heterocycles. The molecule has 0 aromatic heterocycles. The number of hydrogen-bond acceptors (Lipinski definition) is 5. The molecule has 0 radical (unpaired) electrons. The fraction of sp³-hybridized carbons (Fsp3) is 0.0769. The van der Waals surface area contributed by atoms with Crippen molar-refractivity contribution < 1.29 is 31.1 Å². The van der Waals surface area contributed by atoms with Crippen molar-refractivity contribution in [2.45, 2.75) is 0 Å². The Bertz CT molecular complexity index is 655.